The van der Waals surface area contributed by atoms with Crippen LogP contribution in [0.5, 0.6) is 0 Å². The van der Waals surface area contributed by atoms with Crippen LogP contribution in [0.1, 0.15) is 59.6 Å². The molecule has 2 aliphatic rings. The first-order valence-corrected chi connectivity index (χ1v) is 13.4. The van der Waals surface area contributed by atoms with Gasteiger partial charge in [0, 0.05) is 30.4 Å². The summed E-state index contributed by atoms with van der Waals surface area (Å²) in [6, 6.07) is 17.8. The van der Waals surface area contributed by atoms with E-state index in [-0.39, 0.29) is 25.1 Å². The number of rotatable bonds is 6. The van der Waals surface area contributed by atoms with Crippen molar-refractivity contribution in [1.82, 2.24) is 14.8 Å². The third-order valence-corrected chi connectivity index (χ3v) is 7.34. The van der Waals surface area contributed by atoms with Gasteiger partial charge < -0.3 is 24.1 Å². The summed E-state index contributed by atoms with van der Waals surface area (Å²) in [6.45, 7) is 8.24. The van der Waals surface area contributed by atoms with Gasteiger partial charge in [0.1, 0.15) is 12.2 Å². The van der Waals surface area contributed by atoms with Gasteiger partial charge in [0.2, 0.25) is 0 Å². The van der Waals surface area contributed by atoms with Gasteiger partial charge in [-0.15, -0.1) is 0 Å². The zero-order chi connectivity index (χ0) is 28.6. The molecule has 0 bridgehead atoms. The maximum atomic E-state index is 13.6. The Morgan fingerprint density at radius 3 is 2.17 bits per heavy atom. The van der Waals surface area contributed by atoms with Crippen LogP contribution in [0, 0.1) is 6.92 Å². The van der Waals surface area contributed by atoms with Gasteiger partial charge in [0.15, 0.2) is 0 Å². The molecule has 2 amide bonds. The number of amides is 2. The molecule has 0 atom stereocenters. The molecule has 0 radical (unpaired) electrons. The van der Waals surface area contributed by atoms with Crippen molar-refractivity contribution >= 4 is 18.2 Å². The highest BCUT2D eigenvalue weighted by Crippen LogP contribution is 2.44. The predicted octanol–water partition coefficient (Wildman–Crippen LogP) is 5.48. The summed E-state index contributed by atoms with van der Waals surface area (Å²) in [5, 5.41) is 0. The van der Waals surface area contributed by atoms with Crippen molar-refractivity contribution in [3.05, 3.63) is 82.7 Å². The molecule has 2 heterocycles. The highest BCUT2D eigenvalue weighted by molar-refractivity contribution is 5.91. The Morgan fingerprint density at radius 2 is 1.60 bits per heavy atom. The maximum Gasteiger partial charge on any atom is 0.410 e. The molecule has 0 saturated carbocycles. The fourth-order valence-electron chi connectivity index (χ4n) is 5.37. The number of methoxy groups -OCH3 is 1. The molecule has 9 nitrogen and oxygen atoms in total. The van der Waals surface area contributed by atoms with Gasteiger partial charge in [0.25, 0.3) is 0 Å². The molecule has 210 valence electrons. The fraction of sp³-hybridized carbons (Fsp3) is 0.387. The van der Waals surface area contributed by atoms with E-state index < -0.39 is 23.8 Å². The second-order valence-corrected chi connectivity index (χ2v) is 11.3. The second-order valence-electron chi connectivity index (χ2n) is 11.3. The minimum Gasteiger partial charge on any atom is -0.465 e. The number of aromatic nitrogens is 1. The number of carbonyl (C=O) groups is 3. The lowest BCUT2D eigenvalue weighted by Crippen LogP contribution is -2.62. The SMILES string of the molecule is COC(=O)c1cc(CN(C(=O)OCC2c3ccccc3-c3ccccc32)C2CN(C(=O)OC(C)(C)C)C2)[nH]c1C. The highest BCUT2D eigenvalue weighted by atomic mass is 16.6. The first-order chi connectivity index (χ1) is 19.1. The topological polar surface area (TPSA) is 101 Å². The number of carbonyl (C=O) groups excluding carboxylic acids is 3. The third-order valence-electron chi connectivity index (χ3n) is 7.34. The molecule has 0 unspecified atom stereocenters. The normalized spacial score (nSPS) is 14.7. The zero-order valence-electron chi connectivity index (χ0n) is 23.5. The highest BCUT2D eigenvalue weighted by Gasteiger charge is 2.40. The molecule has 9 heteroatoms. The number of H-pyrrole nitrogens is 1. The van der Waals surface area contributed by atoms with Gasteiger partial charge in [-0.1, -0.05) is 48.5 Å². The van der Waals surface area contributed by atoms with E-state index in [4.69, 9.17) is 14.2 Å². The summed E-state index contributed by atoms with van der Waals surface area (Å²) in [5.41, 5.74) is 5.69. The Morgan fingerprint density at radius 1 is 1.00 bits per heavy atom. The van der Waals surface area contributed by atoms with E-state index in [0.717, 1.165) is 22.3 Å². The monoisotopic (exact) mass is 545 g/mol. The number of nitrogens with zero attached hydrogens (tertiary/aromatic N) is 2. The number of fused-ring (bicyclic) bond motifs is 3. The molecule has 2 aromatic carbocycles. The number of hydrogen-bond donors (Lipinski definition) is 1. The first kappa shape index (κ1) is 27.3. The van der Waals surface area contributed by atoms with Crippen LogP contribution in [0.25, 0.3) is 11.1 Å². The smallest absolute Gasteiger partial charge is 0.410 e. The van der Waals surface area contributed by atoms with Crippen molar-refractivity contribution in [3.63, 3.8) is 0 Å². The van der Waals surface area contributed by atoms with Crippen LogP contribution in [0.2, 0.25) is 0 Å². The summed E-state index contributed by atoms with van der Waals surface area (Å²) >= 11 is 0. The molecule has 3 aromatic rings. The van der Waals surface area contributed by atoms with E-state index in [9.17, 15) is 14.4 Å². The Bertz CT molecular complexity index is 1390. The molecule has 1 fully saturated rings. The molecule has 1 saturated heterocycles. The van der Waals surface area contributed by atoms with Crippen LogP contribution < -0.4 is 0 Å². The summed E-state index contributed by atoms with van der Waals surface area (Å²) in [4.78, 5) is 44.7. The van der Waals surface area contributed by atoms with Gasteiger partial charge in [-0.25, -0.2) is 14.4 Å². The van der Waals surface area contributed by atoms with Gasteiger partial charge in [0.05, 0.1) is 25.3 Å². The number of likely N-dealkylation sites (tertiary alicyclic amines) is 1. The minimum atomic E-state index is -0.610. The number of hydrogen-bond acceptors (Lipinski definition) is 6. The zero-order valence-corrected chi connectivity index (χ0v) is 23.5. The Hall–Kier alpha value is -4.27. The van der Waals surface area contributed by atoms with Crippen molar-refractivity contribution in [2.75, 3.05) is 26.8 Å². The lowest BCUT2D eigenvalue weighted by molar-refractivity contribution is -0.0178. The minimum absolute atomic E-state index is 0.0727. The number of benzene rings is 2. The standard InChI is InChI=1S/C31H35N3O6/c1-19-26(28(35)38-5)14-20(32-19)15-34(21-16-33(17-21)29(36)40-31(2,3)4)30(37)39-18-27-24-12-8-6-10-22(24)23-11-7-9-13-25(23)27/h6-14,21,27,32H,15-18H2,1-5H3. The van der Waals surface area contributed by atoms with Crippen LogP contribution >= 0.6 is 0 Å². The Balaban J connectivity index is 1.33. The van der Waals surface area contributed by atoms with E-state index in [0.29, 0.717) is 30.0 Å². The van der Waals surface area contributed by atoms with E-state index in [1.165, 1.54) is 7.11 Å². The molecule has 1 N–H and O–H groups in total. The number of nitrogens with one attached hydrogen (secondary N) is 1. The Labute approximate surface area is 234 Å². The number of aryl methyl sites for hydroxylation is 1. The lowest BCUT2D eigenvalue weighted by atomic mass is 9.98. The largest absolute Gasteiger partial charge is 0.465 e. The van der Waals surface area contributed by atoms with Crippen molar-refractivity contribution in [1.29, 1.82) is 0 Å². The average Bonchev–Trinajstić information content (AvgIpc) is 3.41. The molecule has 5 rings (SSSR count). The van der Waals surface area contributed by atoms with Gasteiger partial charge >= 0.3 is 18.2 Å². The number of esters is 1. The summed E-state index contributed by atoms with van der Waals surface area (Å²) in [5.74, 6) is -0.524. The summed E-state index contributed by atoms with van der Waals surface area (Å²) < 4.78 is 16.3. The summed E-state index contributed by atoms with van der Waals surface area (Å²) in [7, 11) is 1.33. The third kappa shape index (κ3) is 5.41. The van der Waals surface area contributed by atoms with Crippen LogP contribution in [-0.4, -0.2) is 71.4 Å². The van der Waals surface area contributed by atoms with E-state index >= 15 is 0 Å². The van der Waals surface area contributed by atoms with Gasteiger partial charge in [-0.3, -0.25) is 4.90 Å². The van der Waals surface area contributed by atoms with Crippen molar-refractivity contribution in [3.8, 4) is 11.1 Å². The molecule has 0 spiro atoms. The Kier molecular flexibility index (Phi) is 7.31. The number of ether oxygens (including phenoxy) is 3. The van der Waals surface area contributed by atoms with E-state index in [2.05, 4.69) is 29.2 Å². The molecule has 1 aliphatic heterocycles. The van der Waals surface area contributed by atoms with Crippen LogP contribution in [0.15, 0.2) is 54.6 Å². The van der Waals surface area contributed by atoms with E-state index in [1.807, 2.05) is 45.0 Å². The van der Waals surface area contributed by atoms with Gasteiger partial charge in [-0.05, 0) is 56.0 Å². The average molecular weight is 546 g/mol. The molecule has 1 aliphatic carbocycles. The van der Waals surface area contributed by atoms with Crippen LogP contribution in [-0.2, 0) is 20.8 Å². The van der Waals surface area contributed by atoms with Crippen molar-refractivity contribution < 1.29 is 28.6 Å². The van der Waals surface area contributed by atoms with Gasteiger partial charge in [-0.2, -0.15) is 0 Å². The predicted molar refractivity (Wildman–Crippen MR) is 149 cm³/mol. The van der Waals surface area contributed by atoms with Crippen LogP contribution in [0.4, 0.5) is 9.59 Å². The van der Waals surface area contributed by atoms with Crippen molar-refractivity contribution in [2.24, 2.45) is 0 Å². The second kappa shape index (κ2) is 10.7. The molecular weight excluding hydrogens is 510 g/mol. The lowest BCUT2D eigenvalue weighted by Gasteiger charge is -2.44. The van der Waals surface area contributed by atoms with Crippen LogP contribution in [0.3, 0.4) is 0 Å². The van der Waals surface area contributed by atoms with E-state index in [1.54, 1.807) is 22.8 Å². The molecule has 40 heavy (non-hydrogen) atoms. The molecule has 1 aromatic heterocycles. The van der Waals surface area contributed by atoms with Crippen molar-refractivity contribution in [2.45, 2.75) is 51.8 Å². The fourth-order valence-corrected chi connectivity index (χ4v) is 5.37. The molecular formula is C31H35N3O6. The summed E-state index contributed by atoms with van der Waals surface area (Å²) in [6.07, 6.45) is -0.900. The first-order valence-electron chi connectivity index (χ1n) is 13.4. The number of aromatic amines is 1. The quantitative estimate of drug-likeness (QED) is 0.325. The maximum absolute atomic E-state index is 13.6.